The number of phenols is 1. The zero-order valence-electron chi connectivity index (χ0n) is 10.0. The largest absolute Gasteiger partial charge is 0.504 e. The molecule has 0 heterocycles. The Kier molecular flexibility index (Phi) is 7.12. The van der Waals surface area contributed by atoms with Crippen LogP contribution in [0.4, 0.5) is 0 Å². The van der Waals surface area contributed by atoms with Crippen molar-refractivity contribution in [3.05, 3.63) is 18.2 Å². The molecule has 4 nitrogen and oxygen atoms in total. The molecule has 0 aliphatic carbocycles. The van der Waals surface area contributed by atoms with Crippen LogP contribution in [-0.4, -0.2) is 18.3 Å². The molecule has 1 rings (SSSR count). The second kappa shape index (κ2) is 7.82. The van der Waals surface area contributed by atoms with Gasteiger partial charge in [0.25, 0.3) is 0 Å². The van der Waals surface area contributed by atoms with Gasteiger partial charge in [-0.15, -0.1) is 0 Å². The Morgan fingerprint density at radius 3 is 2.31 bits per heavy atom. The molecule has 0 fully saturated rings. The Balaban J connectivity index is 0.00000225. The van der Waals surface area contributed by atoms with Gasteiger partial charge < -0.3 is 20.7 Å². The van der Waals surface area contributed by atoms with Crippen LogP contribution in [0.15, 0.2) is 18.2 Å². The molecule has 0 bridgehead atoms. The predicted octanol–water partition coefficient (Wildman–Crippen LogP) is 3.13. The molecule has 4 heteroatoms. The third-order valence-electron chi connectivity index (χ3n) is 1.87. The second-order valence-electron chi connectivity index (χ2n) is 3.30. The molecule has 16 heavy (non-hydrogen) atoms. The number of para-hydroxylation sites is 1. The van der Waals surface area contributed by atoms with Gasteiger partial charge in [-0.1, -0.05) is 19.9 Å². The average Bonchev–Trinajstić information content (AvgIpc) is 2.25. The maximum atomic E-state index is 9.61. The lowest BCUT2D eigenvalue weighted by Gasteiger charge is -2.12. The van der Waals surface area contributed by atoms with Crippen LogP contribution < -0.4 is 15.6 Å². The molecule has 1 aromatic carbocycles. The van der Waals surface area contributed by atoms with Gasteiger partial charge in [-0.05, 0) is 25.0 Å². The van der Waals surface area contributed by atoms with Gasteiger partial charge >= 0.3 is 0 Å². The maximum absolute atomic E-state index is 9.61. The van der Waals surface area contributed by atoms with Gasteiger partial charge in [0.2, 0.25) is 5.75 Å². The van der Waals surface area contributed by atoms with Crippen LogP contribution in [0.5, 0.6) is 17.2 Å². The van der Waals surface area contributed by atoms with E-state index < -0.39 is 0 Å². The molecule has 0 saturated carbocycles. The van der Waals surface area contributed by atoms with E-state index in [1.165, 1.54) is 0 Å². The number of aromatic hydroxyl groups is 1. The minimum atomic E-state index is 0. The zero-order chi connectivity index (χ0) is 11.1. The average molecular weight is 227 g/mol. The standard InChI is InChI=1S/C12H18O3.H3N/c1-3-8-14-11-7-5-6-10(13)12(11)15-9-4-2;/h5-7,13H,3-4,8-9H2,1-2H3;1H3. The van der Waals surface area contributed by atoms with Gasteiger partial charge in [0, 0.05) is 0 Å². The molecule has 4 N–H and O–H groups in total. The van der Waals surface area contributed by atoms with Crippen molar-refractivity contribution in [1.29, 1.82) is 0 Å². The number of rotatable bonds is 6. The summed E-state index contributed by atoms with van der Waals surface area (Å²) in [6, 6.07) is 5.16. The van der Waals surface area contributed by atoms with Crippen molar-refractivity contribution >= 4 is 0 Å². The van der Waals surface area contributed by atoms with Gasteiger partial charge in [0.05, 0.1) is 13.2 Å². The van der Waals surface area contributed by atoms with Crippen LogP contribution >= 0.6 is 0 Å². The van der Waals surface area contributed by atoms with Crippen molar-refractivity contribution < 1.29 is 14.6 Å². The summed E-state index contributed by atoms with van der Waals surface area (Å²) in [6.07, 6.45) is 1.84. The lowest BCUT2D eigenvalue weighted by Crippen LogP contribution is -2.01. The second-order valence-corrected chi connectivity index (χ2v) is 3.30. The highest BCUT2D eigenvalue weighted by Crippen LogP contribution is 2.36. The topological polar surface area (TPSA) is 73.7 Å². The van der Waals surface area contributed by atoms with E-state index in [4.69, 9.17) is 9.47 Å². The summed E-state index contributed by atoms with van der Waals surface area (Å²) < 4.78 is 10.9. The Labute approximate surface area is 96.8 Å². The zero-order valence-corrected chi connectivity index (χ0v) is 10.0. The lowest BCUT2D eigenvalue weighted by atomic mass is 10.3. The Bertz CT molecular complexity index is 302. The summed E-state index contributed by atoms with van der Waals surface area (Å²) in [5, 5.41) is 9.61. The molecule has 0 unspecified atom stereocenters. The van der Waals surface area contributed by atoms with Crippen LogP contribution in [0, 0.1) is 0 Å². The van der Waals surface area contributed by atoms with Crippen LogP contribution in [0.1, 0.15) is 26.7 Å². The molecule has 0 aliphatic rings. The first-order valence-electron chi connectivity index (χ1n) is 5.37. The fourth-order valence-electron chi connectivity index (χ4n) is 1.18. The van der Waals surface area contributed by atoms with Crippen molar-refractivity contribution in [1.82, 2.24) is 6.15 Å². The number of benzene rings is 1. The predicted molar refractivity (Wildman–Crippen MR) is 64.7 cm³/mol. The van der Waals surface area contributed by atoms with E-state index in [-0.39, 0.29) is 11.9 Å². The minimum Gasteiger partial charge on any atom is -0.504 e. The third-order valence-corrected chi connectivity index (χ3v) is 1.87. The summed E-state index contributed by atoms with van der Waals surface area (Å²) in [6.45, 7) is 5.27. The van der Waals surface area contributed by atoms with E-state index in [0.717, 1.165) is 12.8 Å². The molecular weight excluding hydrogens is 206 g/mol. The van der Waals surface area contributed by atoms with Crippen molar-refractivity contribution in [3.63, 3.8) is 0 Å². The fraction of sp³-hybridized carbons (Fsp3) is 0.500. The summed E-state index contributed by atoms with van der Waals surface area (Å²) in [4.78, 5) is 0. The van der Waals surface area contributed by atoms with Crippen molar-refractivity contribution in [2.24, 2.45) is 0 Å². The van der Waals surface area contributed by atoms with Gasteiger partial charge in [0.15, 0.2) is 11.5 Å². The first kappa shape index (κ1) is 14.6. The van der Waals surface area contributed by atoms with Crippen molar-refractivity contribution in [2.45, 2.75) is 26.7 Å². The van der Waals surface area contributed by atoms with E-state index in [9.17, 15) is 5.11 Å². The minimum absolute atomic E-state index is 0. The highest BCUT2D eigenvalue weighted by molar-refractivity contribution is 5.50. The monoisotopic (exact) mass is 227 g/mol. The van der Waals surface area contributed by atoms with Gasteiger partial charge in [-0.25, -0.2) is 0 Å². The molecule has 0 atom stereocenters. The number of phenolic OH excluding ortho intramolecular Hbond substituents is 1. The Morgan fingerprint density at radius 2 is 1.69 bits per heavy atom. The molecule has 0 aliphatic heterocycles. The molecule has 1 aromatic rings. The van der Waals surface area contributed by atoms with Crippen molar-refractivity contribution in [3.8, 4) is 17.2 Å². The Hall–Kier alpha value is -1.42. The highest BCUT2D eigenvalue weighted by Gasteiger charge is 2.09. The molecule has 0 amide bonds. The van der Waals surface area contributed by atoms with Gasteiger partial charge in [-0.3, -0.25) is 0 Å². The molecule has 0 aromatic heterocycles. The van der Waals surface area contributed by atoms with Crippen molar-refractivity contribution in [2.75, 3.05) is 13.2 Å². The Morgan fingerprint density at radius 1 is 1.06 bits per heavy atom. The highest BCUT2D eigenvalue weighted by atomic mass is 16.5. The van der Waals surface area contributed by atoms with E-state index >= 15 is 0 Å². The van der Waals surface area contributed by atoms with Crippen LogP contribution in [0.2, 0.25) is 0 Å². The van der Waals surface area contributed by atoms with Crippen LogP contribution in [0.3, 0.4) is 0 Å². The van der Waals surface area contributed by atoms with Crippen LogP contribution in [-0.2, 0) is 0 Å². The van der Waals surface area contributed by atoms with Crippen LogP contribution in [0.25, 0.3) is 0 Å². The summed E-state index contributed by atoms with van der Waals surface area (Å²) >= 11 is 0. The van der Waals surface area contributed by atoms with E-state index in [2.05, 4.69) is 0 Å². The number of hydrogen-bond acceptors (Lipinski definition) is 4. The number of hydrogen-bond donors (Lipinski definition) is 2. The molecular formula is C12H21NO3. The quantitative estimate of drug-likeness (QED) is 0.783. The van der Waals surface area contributed by atoms with Gasteiger partial charge in [0.1, 0.15) is 0 Å². The first-order valence-corrected chi connectivity index (χ1v) is 5.37. The van der Waals surface area contributed by atoms with E-state index in [0.29, 0.717) is 24.7 Å². The molecule has 92 valence electrons. The number of ether oxygens (including phenoxy) is 2. The summed E-state index contributed by atoms with van der Waals surface area (Å²) in [7, 11) is 0. The summed E-state index contributed by atoms with van der Waals surface area (Å²) in [5.41, 5.74) is 0. The smallest absolute Gasteiger partial charge is 0.203 e. The van der Waals surface area contributed by atoms with Gasteiger partial charge in [-0.2, -0.15) is 0 Å². The molecule has 0 spiro atoms. The molecule has 0 saturated heterocycles. The van der Waals surface area contributed by atoms with E-state index in [1.54, 1.807) is 18.2 Å². The maximum Gasteiger partial charge on any atom is 0.203 e. The SMILES string of the molecule is CCCOc1cccc(O)c1OCCC.N. The first-order chi connectivity index (χ1) is 7.29. The normalized spacial score (nSPS) is 9.38. The third kappa shape index (κ3) is 3.98. The lowest BCUT2D eigenvalue weighted by molar-refractivity contribution is 0.258. The summed E-state index contributed by atoms with van der Waals surface area (Å²) in [5.74, 6) is 1.20. The molecule has 0 radical (unpaired) electrons. The van der Waals surface area contributed by atoms with E-state index in [1.807, 2.05) is 13.8 Å². The fourth-order valence-corrected chi connectivity index (χ4v) is 1.18.